The fourth-order valence-electron chi connectivity index (χ4n) is 1.76. The highest BCUT2D eigenvalue weighted by molar-refractivity contribution is 9.10. The van der Waals surface area contributed by atoms with Crippen LogP contribution in [-0.4, -0.2) is 23.2 Å². The maximum atomic E-state index is 11.9. The number of benzene rings is 1. The van der Waals surface area contributed by atoms with Gasteiger partial charge in [-0.2, -0.15) is 0 Å². The minimum absolute atomic E-state index is 0.0566. The fraction of sp³-hybridized carbons (Fsp3) is 0.533. The number of amides is 1. The van der Waals surface area contributed by atoms with Crippen LogP contribution in [0, 0.1) is 6.92 Å². The normalized spacial score (nSPS) is 11.3. The van der Waals surface area contributed by atoms with Crippen LogP contribution in [0.3, 0.4) is 0 Å². The number of nitrogens with one attached hydrogen (secondary N) is 1. The lowest BCUT2D eigenvalue weighted by atomic mass is 10.0. The quantitative estimate of drug-likeness (QED) is 0.834. The van der Waals surface area contributed by atoms with Gasteiger partial charge >= 0.3 is 0 Å². The van der Waals surface area contributed by atoms with Gasteiger partial charge in [0.1, 0.15) is 5.75 Å². The molecule has 112 valence electrons. The van der Waals surface area contributed by atoms with Crippen molar-refractivity contribution in [3.63, 3.8) is 0 Å². The summed E-state index contributed by atoms with van der Waals surface area (Å²) in [7, 11) is 0. The van der Waals surface area contributed by atoms with Gasteiger partial charge in [0.2, 0.25) is 0 Å². The molecule has 0 atom stereocenters. The van der Waals surface area contributed by atoms with Crippen molar-refractivity contribution >= 4 is 21.8 Å². The third kappa shape index (κ3) is 4.80. The molecule has 0 aliphatic rings. The van der Waals surface area contributed by atoms with Crippen LogP contribution in [0.25, 0.3) is 0 Å². The first-order chi connectivity index (χ1) is 9.29. The number of carbonyl (C=O) groups is 1. The van der Waals surface area contributed by atoms with E-state index in [0.29, 0.717) is 11.3 Å². The Morgan fingerprint density at radius 3 is 2.65 bits per heavy atom. The van der Waals surface area contributed by atoms with Crippen LogP contribution >= 0.6 is 15.9 Å². The smallest absolute Gasteiger partial charge is 0.258 e. The molecule has 0 saturated heterocycles. The highest BCUT2D eigenvalue weighted by atomic mass is 79.9. The Balaban J connectivity index is 2.73. The molecule has 0 bridgehead atoms. The van der Waals surface area contributed by atoms with E-state index in [4.69, 9.17) is 4.74 Å². The summed E-state index contributed by atoms with van der Waals surface area (Å²) in [6, 6.07) is 3.68. The van der Waals surface area contributed by atoms with Gasteiger partial charge in [-0.3, -0.25) is 4.79 Å². The molecular formula is C15H22BrNO3. The van der Waals surface area contributed by atoms with E-state index >= 15 is 0 Å². The van der Waals surface area contributed by atoms with Gasteiger partial charge < -0.3 is 15.2 Å². The number of aliphatic hydroxyl groups is 1. The number of carbonyl (C=O) groups excluding carboxylic acids is 1. The average molecular weight is 344 g/mol. The van der Waals surface area contributed by atoms with Gasteiger partial charge in [0.05, 0.1) is 6.61 Å². The van der Waals surface area contributed by atoms with E-state index in [1.807, 2.05) is 33.8 Å². The summed E-state index contributed by atoms with van der Waals surface area (Å²) in [5.41, 5.74) is 1.31. The van der Waals surface area contributed by atoms with Gasteiger partial charge in [-0.05, 0) is 44.9 Å². The SMILES string of the molecule is CCC(C)(C)NC(=O)COc1c(C)cc(Br)cc1CO. The average Bonchev–Trinajstić information content (AvgIpc) is 2.36. The van der Waals surface area contributed by atoms with Crippen molar-refractivity contribution in [2.75, 3.05) is 6.61 Å². The monoisotopic (exact) mass is 343 g/mol. The molecule has 0 spiro atoms. The number of rotatable bonds is 6. The molecule has 0 heterocycles. The Labute approximate surface area is 128 Å². The summed E-state index contributed by atoms with van der Waals surface area (Å²) in [5, 5.41) is 12.3. The topological polar surface area (TPSA) is 58.6 Å². The van der Waals surface area contributed by atoms with Crippen LogP contribution in [0.5, 0.6) is 5.75 Å². The molecule has 1 amide bonds. The van der Waals surface area contributed by atoms with E-state index < -0.39 is 0 Å². The van der Waals surface area contributed by atoms with Crippen LogP contribution in [0.15, 0.2) is 16.6 Å². The molecular weight excluding hydrogens is 322 g/mol. The molecule has 20 heavy (non-hydrogen) atoms. The maximum Gasteiger partial charge on any atom is 0.258 e. The van der Waals surface area contributed by atoms with Crippen LogP contribution in [0.4, 0.5) is 0 Å². The predicted octanol–water partition coefficient (Wildman–Crippen LogP) is 2.93. The van der Waals surface area contributed by atoms with Crippen LogP contribution < -0.4 is 10.1 Å². The zero-order chi connectivity index (χ0) is 15.3. The first kappa shape index (κ1) is 17.0. The molecule has 0 aliphatic carbocycles. The minimum Gasteiger partial charge on any atom is -0.483 e. The van der Waals surface area contributed by atoms with Crippen molar-refractivity contribution < 1.29 is 14.6 Å². The van der Waals surface area contributed by atoms with E-state index in [-0.39, 0.29) is 24.7 Å². The molecule has 4 nitrogen and oxygen atoms in total. The van der Waals surface area contributed by atoms with Crippen molar-refractivity contribution in [1.29, 1.82) is 0 Å². The molecule has 0 radical (unpaired) electrons. The number of hydrogen-bond donors (Lipinski definition) is 2. The standard InChI is InChI=1S/C15H22BrNO3/c1-5-15(3,4)17-13(19)9-20-14-10(2)6-12(16)7-11(14)8-18/h6-7,18H,5,8-9H2,1-4H3,(H,17,19). The third-order valence-corrected chi connectivity index (χ3v) is 3.65. The Kier molecular flexibility index (Phi) is 6.02. The summed E-state index contributed by atoms with van der Waals surface area (Å²) in [6.07, 6.45) is 0.845. The summed E-state index contributed by atoms with van der Waals surface area (Å²) >= 11 is 3.37. The summed E-state index contributed by atoms with van der Waals surface area (Å²) in [5.74, 6) is 0.406. The second-order valence-electron chi connectivity index (χ2n) is 5.44. The first-order valence-corrected chi connectivity index (χ1v) is 7.42. The van der Waals surface area contributed by atoms with E-state index in [1.165, 1.54) is 0 Å². The largest absolute Gasteiger partial charge is 0.483 e. The lowest BCUT2D eigenvalue weighted by Crippen LogP contribution is -2.45. The number of hydrogen-bond acceptors (Lipinski definition) is 3. The molecule has 0 aromatic heterocycles. The minimum atomic E-state index is -0.241. The molecule has 1 rings (SSSR count). The van der Waals surface area contributed by atoms with Crippen molar-refractivity contribution in [2.45, 2.75) is 46.3 Å². The van der Waals surface area contributed by atoms with E-state index in [1.54, 1.807) is 6.07 Å². The van der Waals surface area contributed by atoms with Crippen LogP contribution in [-0.2, 0) is 11.4 Å². The van der Waals surface area contributed by atoms with Crippen molar-refractivity contribution in [1.82, 2.24) is 5.32 Å². The Hall–Kier alpha value is -1.07. The van der Waals surface area contributed by atoms with Crippen LogP contribution in [0.1, 0.15) is 38.3 Å². The Bertz CT molecular complexity index is 486. The van der Waals surface area contributed by atoms with Gasteiger partial charge in [0.15, 0.2) is 6.61 Å². The molecule has 1 aromatic carbocycles. The number of aryl methyl sites for hydroxylation is 1. The van der Waals surface area contributed by atoms with Gasteiger partial charge in [0.25, 0.3) is 5.91 Å². The lowest BCUT2D eigenvalue weighted by molar-refractivity contribution is -0.124. The van der Waals surface area contributed by atoms with Crippen molar-refractivity contribution in [2.24, 2.45) is 0 Å². The fourth-order valence-corrected chi connectivity index (χ4v) is 2.38. The van der Waals surface area contributed by atoms with Gasteiger partial charge in [-0.15, -0.1) is 0 Å². The molecule has 0 unspecified atom stereocenters. The second-order valence-corrected chi connectivity index (χ2v) is 6.36. The zero-order valence-corrected chi connectivity index (χ0v) is 14.0. The van der Waals surface area contributed by atoms with E-state index in [2.05, 4.69) is 21.2 Å². The predicted molar refractivity (Wildman–Crippen MR) is 82.8 cm³/mol. The molecule has 0 saturated carbocycles. The first-order valence-electron chi connectivity index (χ1n) is 6.62. The number of aliphatic hydroxyl groups excluding tert-OH is 1. The van der Waals surface area contributed by atoms with Gasteiger partial charge in [0, 0.05) is 15.6 Å². The molecule has 2 N–H and O–H groups in total. The number of halogens is 1. The second kappa shape index (κ2) is 7.09. The highest BCUT2D eigenvalue weighted by Gasteiger charge is 2.18. The van der Waals surface area contributed by atoms with E-state index in [0.717, 1.165) is 16.5 Å². The van der Waals surface area contributed by atoms with E-state index in [9.17, 15) is 9.90 Å². The zero-order valence-electron chi connectivity index (χ0n) is 12.4. The number of ether oxygens (including phenoxy) is 1. The summed E-state index contributed by atoms with van der Waals surface area (Å²) in [4.78, 5) is 11.9. The summed E-state index contributed by atoms with van der Waals surface area (Å²) in [6.45, 7) is 7.65. The lowest BCUT2D eigenvalue weighted by Gasteiger charge is -2.24. The molecule has 0 fully saturated rings. The molecule has 5 heteroatoms. The van der Waals surface area contributed by atoms with Gasteiger partial charge in [-0.1, -0.05) is 22.9 Å². The summed E-state index contributed by atoms with van der Waals surface area (Å²) < 4.78 is 6.45. The van der Waals surface area contributed by atoms with Crippen LogP contribution in [0.2, 0.25) is 0 Å². The third-order valence-electron chi connectivity index (χ3n) is 3.20. The molecule has 1 aromatic rings. The van der Waals surface area contributed by atoms with Crippen molar-refractivity contribution in [3.05, 3.63) is 27.7 Å². The van der Waals surface area contributed by atoms with Gasteiger partial charge in [-0.25, -0.2) is 0 Å². The molecule has 0 aliphatic heterocycles. The Morgan fingerprint density at radius 1 is 1.45 bits per heavy atom. The van der Waals surface area contributed by atoms with Crippen molar-refractivity contribution in [3.8, 4) is 5.75 Å². The Morgan fingerprint density at radius 2 is 2.10 bits per heavy atom. The maximum absolute atomic E-state index is 11.9. The highest BCUT2D eigenvalue weighted by Crippen LogP contribution is 2.28.